The van der Waals surface area contributed by atoms with Crippen molar-refractivity contribution < 1.29 is 9.53 Å². The zero-order chi connectivity index (χ0) is 11.3. The number of rotatable bonds is 5. The minimum absolute atomic E-state index is 0.0948. The lowest BCUT2D eigenvalue weighted by Crippen LogP contribution is -2.48. The quantitative estimate of drug-likeness (QED) is 0.706. The lowest BCUT2D eigenvalue weighted by molar-refractivity contribution is -0.122. The molecule has 1 unspecified atom stereocenters. The van der Waals surface area contributed by atoms with E-state index in [1.807, 2.05) is 13.8 Å². The average molecular weight is 214 g/mol. The first-order valence-corrected chi connectivity index (χ1v) is 5.62. The molecule has 1 aliphatic rings. The van der Waals surface area contributed by atoms with Crippen LogP contribution in [0.2, 0.25) is 0 Å². The highest BCUT2D eigenvalue weighted by Gasteiger charge is 2.20. The van der Waals surface area contributed by atoms with Crippen LogP contribution in [-0.2, 0) is 9.53 Å². The van der Waals surface area contributed by atoms with E-state index in [1.54, 1.807) is 0 Å². The van der Waals surface area contributed by atoms with Crippen LogP contribution in [-0.4, -0.2) is 31.2 Å². The van der Waals surface area contributed by atoms with E-state index in [2.05, 4.69) is 5.32 Å². The normalized spacial score (nSPS) is 21.7. The number of ether oxygens (including phenoxy) is 1. The second kappa shape index (κ2) is 5.47. The summed E-state index contributed by atoms with van der Waals surface area (Å²) in [5.41, 5.74) is 5.25. The zero-order valence-electron chi connectivity index (χ0n) is 9.71. The predicted octanol–water partition coefficient (Wildman–Crippen LogP) is 0.657. The number of amides is 1. The fourth-order valence-corrected chi connectivity index (χ4v) is 1.64. The molecule has 1 fully saturated rings. The maximum absolute atomic E-state index is 11.6. The van der Waals surface area contributed by atoms with Crippen molar-refractivity contribution in [3.05, 3.63) is 0 Å². The molecule has 1 amide bonds. The van der Waals surface area contributed by atoms with Gasteiger partial charge in [-0.15, -0.1) is 0 Å². The number of nitrogens with two attached hydrogens (primary N) is 1. The SMILES string of the molecule is CC(C)(CN)NC(=O)CCC1CCOC1. The van der Waals surface area contributed by atoms with E-state index in [4.69, 9.17) is 10.5 Å². The monoisotopic (exact) mass is 214 g/mol. The van der Waals surface area contributed by atoms with E-state index in [1.165, 1.54) is 0 Å². The molecular formula is C11H22N2O2. The molecule has 88 valence electrons. The Bertz CT molecular complexity index is 211. The van der Waals surface area contributed by atoms with Crippen LogP contribution < -0.4 is 11.1 Å². The van der Waals surface area contributed by atoms with Gasteiger partial charge in [0.05, 0.1) is 0 Å². The summed E-state index contributed by atoms with van der Waals surface area (Å²) in [5.74, 6) is 0.661. The first-order valence-electron chi connectivity index (χ1n) is 5.62. The van der Waals surface area contributed by atoms with Crippen molar-refractivity contribution >= 4 is 5.91 Å². The van der Waals surface area contributed by atoms with Crippen LogP contribution in [0.25, 0.3) is 0 Å². The van der Waals surface area contributed by atoms with Crippen molar-refractivity contribution in [3.63, 3.8) is 0 Å². The van der Waals surface area contributed by atoms with Gasteiger partial charge in [0.15, 0.2) is 0 Å². The van der Waals surface area contributed by atoms with Crippen LogP contribution >= 0.6 is 0 Å². The van der Waals surface area contributed by atoms with Gasteiger partial charge in [0.1, 0.15) is 0 Å². The van der Waals surface area contributed by atoms with Crippen LogP contribution in [0.15, 0.2) is 0 Å². The minimum Gasteiger partial charge on any atom is -0.381 e. The number of carbonyl (C=O) groups excluding carboxylic acids is 1. The third-order valence-corrected chi connectivity index (χ3v) is 2.79. The van der Waals surface area contributed by atoms with Crippen LogP contribution in [0.4, 0.5) is 0 Å². The van der Waals surface area contributed by atoms with Gasteiger partial charge in [0.2, 0.25) is 5.91 Å². The van der Waals surface area contributed by atoms with Crippen molar-refractivity contribution in [1.82, 2.24) is 5.32 Å². The summed E-state index contributed by atoms with van der Waals surface area (Å²) in [4.78, 5) is 11.6. The Hall–Kier alpha value is -0.610. The molecule has 0 bridgehead atoms. The molecule has 4 heteroatoms. The van der Waals surface area contributed by atoms with Crippen LogP contribution in [0, 0.1) is 5.92 Å². The highest BCUT2D eigenvalue weighted by Crippen LogP contribution is 2.17. The van der Waals surface area contributed by atoms with Crippen molar-refractivity contribution in [3.8, 4) is 0 Å². The Labute approximate surface area is 91.5 Å². The van der Waals surface area contributed by atoms with Gasteiger partial charge in [-0.25, -0.2) is 0 Å². The smallest absolute Gasteiger partial charge is 0.220 e. The maximum Gasteiger partial charge on any atom is 0.220 e. The van der Waals surface area contributed by atoms with Gasteiger partial charge < -0.3 is 15.8 Å². The maximum atomic E-state index is 11.6. The van der Waals surface area contributed by atoms with Gasteiger partial charge in [0.25, 0.3) is 0 Å². The van der Waals surface area contributed by atoms with E-state index in [0.29, 0.717) is 18.9 Å². The summed E-state index contributed by atoms with van der Waals surface area (Å²) in [6, 6.07) is 0. The molecule has 0 spiro atoms. The molecule has 0 aromatic carbocycles. The van der Waals surface area contributed by atoms with Crippen molar-refractivity contribution in [2.24, 2.45) is 11.7 Å². The number of hydrogen-bond acceptors (Lipinski definition) is 3. The summed E-state index contributed by atoms with van der Waals surface area (Å²) in [7, 11) is 0. The molecular weight excluding hydrogens is 192 g/mol. The Morgan fingerprint density at radius 3 is 2.87 bits per heavy atom. The number of nitrogens with one attached hydrogen (secondary N) is 1. The van der Waals surface area contributed by atoms with E-state index in [9.17, 15) is 4.79 Å². The first kappa shape index (κ1) is 12.5. The molecule has 1 saturated heterocycles. The van der Waals surface area contributed by atoms with E-state index >= 15 is 0 Å². The van der Waals surface area contributed by atoms with Gasteiger partial charge in [0, 0.05) is 31.7 Å². The van der Waals surface area contributed by atoms with Crippen LogP contribution in [0.1, 0.15) is 33.1 Å². The summed E-state index contributed by atoms with van der Waals surface area (Å²) in [5, 5.41) is 2.93. The molecule has 1 heterocycles. The van der Waals surface area contributed by atoms with Crippen molar-refractivity contribution in [2.45, 2.75) is 38.6 Å². The van der Waals surface area contributed by atoms with E-state index in [-0.39, 0.29) is 11.4 Å². The highest BCUT2D eigenvalue weighted by molar-refractivity contribution is 5.76. The Balaban J connectivity index is 2.18. The van der Waals surface area contributed by atoms with E-state index in [0.717, 1.165) is 26.1 Å². The van der Waals surface area contributed by atoms with Gasteiger partial charge in [-0.05, 0) is 32.6 Å². The average Bonchev–Trinajstić information content (AvgIpc) is 2.66. The second-order valence-electron chi connectivity index (χ2n) is 4.90. The Morgan fingerprint density at radius 2 is 2.33 bits per heavy atom. The van der Waals surface area contributed by atoms with Gasteiger partial charge >= 0.3 is 0 Å². The predicted molar refractivity (Wildman–Crippen MR) is 59.4 cm³/mol. The molecule has 1 aliphatic heterocycles. The summed E-state index contributed by atoms with van der Waals surface area (Å²) in [6.07, 6.45) is 2.59. The highest BCUT2D eigenvalue weighted by atomic mass is 16.5. The molecule has 0 radical (unpaired) electrons. The first-order chi connectivity index (χ1) is 7.03. The molecule has 3 N–H and O–H groups in total. The molecule has 1 rings (SSSR count). The number of carbonyl (C=O) groups is 1. The van der Waals surface area contributed by atoms with Gasteiger partial charge in [-0.1, -0.05) is 0 Å². The standard InChI is InChI=1S/C11H22N2O2/c1-11(2,8-12)13-10(14)4-3-9-5-6-15-7-9/h9H,3-8,12H2,1-2H3,(H,13,14). The summed E-state index contributed by atoms with van der Waals surface area (Å²) in [6.45, 7) is 5.99. The Morgan fingerprint density at radius 1 is 1.60 bits per heavy atom. The Kier molecular flexibility index (Phi) is 4.54. The lowest BCUT2D eigenvalue weighted by Gasteiger charge is -2.24. The van der Waals surface area contributed by atoms with Crippen molar-refractivity contribution in [2.75, 3.05) is 19.8 Å². The third kappa shape index (κ3) is 4.62. The largest absolute Gasteiger partial charge is 0.381 e. The molecule has 0 aromatic heterocycles. The zero-order valence-corrected chi connectivity index (χ0v) is 9.71. The topological polar surface area (TPSA) is 64.3 Å². The third-order valence-electron chi connectivity index (χ3n) is 2.79. The van der Waals surface area contributed by atoms with Gasteiger partial charge in [-0.2, -0.15) is 0 Å². The molecule has 15 heavy (non-hydrogen) atoms. The summed E-state index contributed by atoms with van der Waals surface area (Å²) < 4.78 is 5.26. The van der Waals surface area contributed by atoms with Crippen molar-refractivity contribution in [1.29, 1.82) is 0 Å². The molecule has 1 atom stereocenters. The second-order valence-corrected chi connectivity index (χ2v) is 4.90. The fraction of sp³-hybridized carbons (Fsp3) is 0.909. The van der Waals surface area contributed by atoms with Crippen LogP contribution in [0.5, 0.6) is 0 Å². The number of hydrogen-bond donors (Lipinski definition) is 2. The fourth-order valence-electron chi connectivity index (χ4n) is 1.64. The summed E-state index contributed by atoms with van der Waals surface area (Å²) >= 11 is 0. The molecule has 0 aromatic rings. The molecule has 4 nitrogen and oxygen atoms in total. The molecule has 0 aliphatic carbocycles. The van der Waals surface area contributed by atoms with E-state index < -0.39 is 0 Å². The lowest BCUT2D eigenvalue weighted by atomic mass is 10.0. The van der Waals surface area contributed by atoms with Crippen LogP contribution in [0.3, 0.4) is 0 Å². The van der Waals surface area contributed by atoms with Gasteiger partial charge in [-0.3, -0.25) is 4.79 Å². The molecule has 0 saturated carbocycles. The minimum atomic E-state index is -0.288.